The summed E-state index contributed by atoms with van der Waals surface area (Å²) in [5.41, 5.74) is 0. The predicted molar refractivity (Wildman–Crippen MR) is 93.3 cm³/mol. The Labute approximate surface area is 137 Å². The zero-order chi connectivity index (χ0) is 16.5. The molecule has 0 amide bonds. The highest BCUT2D eigenvalue weighted by Gasteiger charge is 2.06. The zero-order valence-electron chi connectivity index (χ0n) is 14.9. The number of rotatable bonds is 17. The lowest BCUT2D eigenvalue weighted by Crippen LogP contribution is -2.33. The van der Waals surface area contributed by atoms with Gasteiger partial charge in [0.25, 0.3) is 0 Å². The summed E-state index contributed by atoms with van der Waals surface area (Å²) in [7, 11) is 0. The molecule has 0 spiro atoms. The summed E-state index contributed by atoms with van der Waals surface area (Å²) in [6, 6.07) is 0. The molecule has 0 aliphatic rings. The lowest BCUT2D eigenvalue weighted by molar-refractivity contribution is 0.0362. The Balaban J connectivity index is 3.39. The van der Waals surface area contributed by atoms with Crippen LogP contribution in [0.1, 0.15) is 71.6 Å². The molecule has 0 saturated carbocycles. The van der Waals surface area contributed by atoms with E-state index in [2.05, 4.69) is 13.8 Å². The highest BCUT2D eigenvalue weighted by molar-refractivity contribution is 4.58. The first kappa shape index (κ1) is 21.8. The van der Waals surface area contributed by atoms with Gasteiger partial charge in [-0.05, 0) is 13.3 Å². The maximum absolute atomic E-state index is 8.94. The molecule has 0 saturated heterocycles. The van der Waals surface area contributed by atoms with Gasteiger partial charge in [0.05, 0.1) is 25.9 Å². The molecule has 0 bridgehead atoms. The second kappa shape index (κ2) is 17.2. The molecular weight excluding hydrogens is 278 g/mol. The molecule has 22 heavy (non-hydrogen) atoms. The fraction of sp³-hybridized carbons (Fsp3) is 1.00. The molecular formula is C18H39NO3. The molecule has 0 aromatic carbocycles. The van der Waals surface area contributed by atoms with Crippen LogP contribution in [0.4, 0.5) is 0 Å². The van der Waals surface area contributed by atoms with Gasteiger partial charge in [0.1, 0.15) is 0 Å². The molecule has 4 nitrogen and oxygen atoms in total. The van der Waals surface area contributed by atoms with E-state index in [1.54, 1.807) is 0 Å². The summed E-state index contributed by atoms with van der Waals surface area (Å²) in [5.74, 6) is 0. The van der Waals surface area contributed by atoms with Gasteiger partial charge in [0.2, 0.25) is 0 Å². The molecule has 0 aliphatic heterocycles. The minimum atomic E-state index is 0.133. The Morgan fingerprint density at radius 3 is 1.91 bits per heavy atom. The van der Waals surface area contributed by atoms with Gasteiger partial charge in [0.15, 0.2) is 0 Å². The van der Waals surface area contributed by atoms with Crippen LogP contribution in [0.15, 0.2) is 0 Å². The number of ether oxygens (including phenoxy) is 1. The van der Waals surface area contributed by atoms with Crippen molar-refractivity contribution >= 4 is 0 Å². The Morgan fingerprint density at radius 1 is 0.818 bits per heavy atom. The van der Waals surface area contributed by atoms with E-state index in [-0.39, 0.29) is 13.2 Å². The molecule has 0 radical (unpaired) electrons. The fourth-order valence-corrected chi connectivity index (χ4v) is 2.65. The molecule has 0 aromatic heterocycles. The maximum Gasteiger partial charge on any atom is 0.0597 e. The van der Waals surface area contributed by atoms with E-state index in [1.165, 1.54) is 51.4 Å². The molecule has 4 heteroatoms. The van der Waals surface area contributed by atoms with Crippen molar-refractivity contribution in [3.05, 3.63) is 0 Å². The van der Waals surface area contributed by atoms with Crippen molar-refractivity contribution in [1.82, 2.24) is 4.90 Å². The SMILES string of the molecule is CCCCCCCCCCC(C)OCCN(CCO)CCO. The van der Waals surface area contributed by atoms with Crippen LogP contribution in [-0.2, 0) is 4.74 Å². The van der Waals surface area contributed by atoms with Crippen molar-refractivity contribution in [2.45, 2.75) is 77.7 Å². The van der Waals surface area contributed by atoms with E-state index in [9.17, 15) is 0 Å². The fourth-order valence-electron chi connectivity index (χ4n) is 2.65. The van der Waals surface area contributed by atoms with Crippen molar-refractivity contribution in [2.75, 3.05) is 39.5 Å². The highest BCUT2D eigenvalue weighted by Crippen LogP contribution is 2.11. The molecule has 0 aliphatic carbocycles. The third-order valence-corrected chi connectivity index (χ3v) is 4.11. The van der Waals surface area contributed by atoms with Crippen molar-refractivity contribution in [3.63, 3.8) is 0 Å². The average Bonchev–Trinajstić information content (AvgIpc) is 2.50. The van der Waals surface area contributed by atoms with Crippen molar-refractivity contribution in [2.24, 2.45) is 0 Å². The number of hydrogen-bond acceptors (Lipinski definition) is 4. The first-order valence-corrected chi connectivity index (χ1v) is 9.30. The summed E-state index contributed by atoms with van der Waals surface area (Å²) >= 11 is 0. The number of aliphatic hydroxyl groups excluding tert-OH is 2. The van der Waals surface area contributed by atoms with E-state index >= 15 is 0 Å². The number of hydrogen-bond donors (Lipinski definition) is 2. The Bertz CT molecular complexity index is 209. The van der Waals surface area contributed by atoms with Gasteiger partial charge in [-0.3, -0.25) is 4.90 Å². The van der Waals surface area contributed by atoms with Gasteiger partial charge in [-0.2, -0.15) is 0 Å². The van der Waals surface area contributed by atoms with Gasteiger partial charge in [-0.1, -0.05) is 58.3 Å². The first-order valence-electron chi connectivity index (χ1n) is 9.30. The van der Waals surface area contributed by atoms with Gasteiger partial charge < -0.3 is 14.9 Å². The van der Waals surface area contributed by atoms with Crippen LogP contribution in [-0.4, -0.2) is 60.7 Å². The summed E-state index contributed by atoms with van der Waals surface area (Å²) in [4.78, 5) is 2.03. The molecule has 0 rings (SSSR count). The highest BCUT2D eigenvalue weighted by atomic mass is 16.5. The largest absolute Gasteiger partial charge is 0.395 e. The summed E-state index contributed by atoms with van der Waals surface area (Å²) in [6.07, 6.45) is 12.3. The number of nitrogens with zero attached hydrogens (tertiary/aromatic N) is 1. The van der Waals surface area contributed by atoms with E-state index in [0.717, 1.165) is 13.0 Å². The van der Waals surface area contributed by atoms with Crippen LogP contribution in [0.5, 0.6) is 0 Å². The monoisotopic (exact) mass is 317 g/mol. The van der Waals surface area contributed by atoms with E-state index < -0.39 is 0 Å². The lowest BCUT2D eigenvalue weighted by atomic mass is 10.1. The standard InChI is InChI=1S/C18H39NO3/c1-3-4-5-6-7-8-9-10-11-18(2)22-17-14-19(12-15-20)13-16-21/h18,20-21H,3-17H2,1-2H3. The molecule has 0 fully saturated rings. The van der Waals surface area contributed by atoms with Crippen LogP contribution >= 0.6 is 0 Å². The number of aliphatic hydroxyl groups is 2. The van der Waals surface area contributed by atoms with Gasteiger partial charge in [-0.25, -0.2) is 0 Å². The molecule has 0 heterocycles. The van der Waals surface area contributed by atoms with Crippen molar-refractivity contribution in [3.8, 4) is 0 Å². The van der Waals surface area contributed by atoms with E-state index in [4.69, 9.17) is 14.9 Å². The Kier molecular flexibility index (Phi) is 17.1. The predicted octanol–water partition coefficient (Wildman–Crippen LogP) is 3.21. The number of unbranched alkanes of at least 4 members (excludes halogenated alkanes) is 7. The summed E-state index contributed by atoms with van der Waals surface area (Å²) in [5, 5.41) is 17.9. The van der Waals surface area contributed by atoms with Gasteiger partial charge in [0, 0.05) is 19.6 Å². The topological polar surface area (TPSA) is 52.9 Å². The Hall–Kier alpha value is -0.160. The molecule has 134 valence electrons. The minimum absolute atomic E-state index is 0.133. The summed E-state index contributed by atoms with van der Waals surface area (Å²) in [6.45, 7) is 7.34. The Morgan fingerprint density at radius 2 is 1.36 bits per heavy atom. The van der Waals surface area contributed by atoms with E-state index in [1.807, 2.05) is 4.90 Å². The van der Waals surface area contributed by atoms with Crippen molar-refractivity contribution < 1.29 is 14.9 Å². The molecule has 1 unspecified atom stereocenters. The quantitative estimate of drug-likeness (QED) is 0.405. The summed E-state index contributed by atoms with van der Waals surface area (Å²) < 4.78 is 5.82. The van der Waals surface area contributed by atoms with Crippen LogP contribution in [0, 0.1) is 0 Å². The van der Waals surface area contributed by atoms with Gasteiger partial charge >= 0.3 is 0 Å². The normalized spacial score (nSPS) is 13.0. The second-order valence-corrected chi connectivity index (χ2v) is 6.23. The average molecular weight is 318 g/mol. The second-order valence-electron chi connectivity index (χ2n) is 6.23. The van der Waals surface area contributed by atoms with Gasteiger partial charge in [-0.15, -0.1) is 0 Å². The van der Waals surface area contributed by atoms with Crippen molar-refractivity contribution in [1.29, 1.82) is 0 Å². The lowest BCUT2D eigenvalue weighted by Gasteiger charge is -2.21. The third kappa shape index (κ3) is 14.8. The smallest absolute Gasteiger partial charge is 0.0597 e. The molecule has 2 N–H and O–H groups in total. The molecule has 0 aromatic rings. The van der Waals surface area contributed by atoms with Crippen LogP contribution in [0.25, 0.3) is 0 Å². The molecule has 1 atom stereocenters. The van der Waals surface area contributed by atoms with Crippen LogP contribution < -0.4 is 0 Å². The third-order valence-electron chi connectivity index (χ3n) is 4.11. The zero-order valence-corrected chi connectivity index (χ0v) is 14.9. The first-order chi connectivity index (χ1) is 10.7. The van der Waals surface area contributed by atoms with Crippen LogP contribution in [0.2, 0.25) is 0 Å². The maximum atomic E-state index is 8.94. The van der Waals surface area contributed by atoms with Crippen LogP contribution in [0.3, 0.4) is 0 Å². The van der Waals surface area contributed by atoms with E-state index in [0.29, 0.717) is 25.8 Å². The minimum Gasteiger partial charge on any atom is -0.395 e.